The molecule has 6 nitrogen and oxygen atoms in total. The first-order chi connectivity index (χ1) is 18.0. The van der Waals surface area contributed by atoms with Crippen LogP contribution < -0.4 is 10.3 Å². The third kappa shape index (κ3) is 5.97. The maximum absolute atomic E-state index is 13.8. The van der Waals surface area contributed by atoms with Gasteiger partial charge in [-0.3, -0.25) is 14.2 Å². The Bertz CT molecular complexity index is 1430. The predicted octanol–water partition coefficient (Wildman–Crippen LogP) is 6.19. The SMILES string of the molecule is CCCCN(C(=O)/C=C/c1ccccc1)C(C)c1nc2ccccc2c(=O)n1-c1ccc(OCC)cc1. The van der Waals surface area contributed by atoms with Crippen molar-refractivity contribution in [2.24, 2.45) is 0 Å². The molecule has 1 amide bonds. The third-order valence-electron chi connectivity index (χ3n) is 6.30. The minimum Gasteiger partial charge on any atom is -0.494 e. The van der Waals surface area contributed by atoms with Gasteiger partial charge in [0.2, 0.25) is 5.91 Å². The van der Waals surface area contributed by atoms with Crippen molar-refractivity contribution in [1.29, 1.82) is 0 Å². The molecule has 0 spiro atoms. The molecule has 0 saturated carbocycles. The zero-order chi connectivity index (χ0) is 26.2. The quantitative estimate of drug-likeness (QED) is 0.246. The lowest BCUT2D eigenvalue weighted by Crippen LogP contribution is -2.37. The number of fused-ring (bicyclic) bond motifs is 1. The predicted molar refractivity (Wildman–Crippen MR) is 149 cm³/mol. The summed E-state index contributed by atoms with van der Waals surface area (Å²) in [6, 6.07) is 24.0. The van der Waals surface area contributed by atoms with E-state index in [1.807, 2.05) is 92.7 Å². The Kier molecular flexibility index (Phi) is 8.52. The molecule has 37 heavy (non-hydrogen) atoms. The summed E-state index contributed by atoms with van der Waals surface area (Å²) in [5.41, 5.74) is 2.07. The molecule has 1 aromatic heterocycles. The second-order valence-electron chi connectivity index (χ2n) is 8.86. The summed E-state index contributed by atoms with van der Waals surface area (Å²) < 4.78 is 7.21. The molecule has 0 N–H and O–H groups in total. The van der Waals surface area contributed by atoms with E-state index in [1.165, 1.54) is 0 Å². The maximum atomic E-state index is 13.8. The average molecular weight is 496 g/mol. The Morgan fingerprint density at radius 3 is 2.41 bits per heavy atom. The van der Waals surface area contributed by atoms with Gasteiger partial charge in [-0.25, -0.2) is 4.98 Å². The highest BCUT2D eigenvalue weighted by Crippen LogP contribution is 2.25. The van der Waals surface area contributed by atoms with Crippen LogP contribution in [0, 0.1) is 0 Å². The van der Waals surface area contributed by atoms with E-state index in [4.69, 9.17) is 9.72 Å². The van der Waals surface area contributed by atoms with Crippen LogP contribution in [0.3, 0.4) is 0 Å². The highest BCUT2D eigenvalue weighted by Gasteiger charge is 2.25. The van der Waals surface area contributed by atoms with Crippen LogP contribution in [0.15, 0.2) is 89.7 Å². The lowest BCUT2D eigenvalue weighted by Gasteiger charge is -2.30. The van der Waals surface area contributed by atoms with Gasteiger partial charge in [0.05, 0.1) is 29.2 Å². The molecular formula is C31H33N3O3. The van der Waals surface area contributed by atoms with Gasteiger partial charge in [0.15, 0.2) is 0 Å². The maximum Gasteiger partial charge on any atom is 0.266 e. The number of rotatable bonds is 10. The van der Waals surface area contributed by atoms with Gasteiger partial charge in [0.25, 0.3) is 5.56 Å². The van der Waals surface area contributed by atoms with Crippen molar-refractivity contribution in [2.75, 3.05) is 13.2 Å². The number of ether oxygens (including phenoxy) is 1. The van der Waals surface area contributed by atoms with Crippen LogP contribution >= 0.6 is 0 Å². The van der Waals surface area contributed by atoms with Gasteiger partial charge in [-0.2, -0.15) is 0 Å². The van der Waals surface area contributed by atoms with Crippen LogP contribution in [0.4, 0.5) is 0 Å². The summed E-state index contributed by atoms with van der Waals surface area (Å²) in [4.78, 5) is 33.9. The molecular weight excluding hydrogens is 462 g/mol. The van der Waals surface area contributed by atoms with Gasteiger partial charge < -0.3 is 9.64 Å². The van der Waals surface area contributed by atoms with E-state index >= 15 is 0 Å². The highest BCUT2D eigenvalue weighted by atomic mass is 16.5. The number of unbranched alkanes of at least 4 members (excludes halogenated alkanes) is 1. The number of amides is 1. The fraction of sp³-hybridized carbons (Fsp3) is 0.258. The number of benzene rings is 3. The van der Waals surface area contributed by atoms with Crippen molar-refractivity contribution in [2.45, 2.75) is 39.7 Å². The zero-order valence-corrected chi connectivity index (χ0v) is 21.6. The van der Waals surface area contributed by atoms with Crippen LogP contribution in [0.2, 0.25) is 0 Å². The fourth-order valence-corrected chi connectivity index (χ4v) is 4.33. The number of aromatic nitrogens is 2. The van der Waals surface area contributed by atoms with Gasteiger partial charge in [-0.05, 0) is 68.3 Å². The standard InChI is InChI=1S/C31H33N3O3/c1-4-6-22-33(29(35)21-16-24-12-8-7-9-13-24)23(3)30-32-28-15-11-10-14-27(28)31(36)34(30)25-17-19-26(20-18-25)37-5-2/h7-21,23H,4-6,22H2,1-3H3/b21-16+. The van der Waals surface area contributed by atoms with Gasteiger partial charge in [-0.15, -0.1) is 0 Å². The van der Waals surface area contributed by atoms with Crippen LogP contribution in [-0.2, 0) is 4.79 Å². The first kappa shape index (κ1) is 25.9. The third-order valence-corrected chi connectivity index (χ3v) is 6.30. The zero-order valence-electron chi connectivity index (χ0n) is 21.6. The van der Waals surface area contributed by atoms with Crippen LogP contribution in [-0.4, -0.2) is 33.5 Å². The summed E-state index contributed by atoms with van der Waals surface area (Å²) in [5, 5.41) is 0.530. The van der Waals surface area contributed by atoms with Crippen LogP contribution in [0.25, 0.3) is 22.7 Å². The van der Waals surface area contributed by atoms with Gasteiger partial charge in [0.1, 0.15) is 11.6 Å². The lowest BCUT2D eigenvalue weighted by atomic mass is 10.1. The van der Waals surface area contributed by atoms with Crippen molar-refractivity contribution >= 4 is 22.9 Å². The molecule has 1 heterocycles. The summed E-state index contributed by atoms with van der Waals surface area (Å²) in [7, 11) is 0. The topological polar surface area (TPSA) is 64.4 Å². The van der Waals surface area contributed by atoms with E-state index in [9.17, 15) is 9.59 Å². The second-order valence-corrected chi connectivity index (χ2v) is 8.86. The molecule has 4 rings (SSSR count). The summed E-state index contributed by atoms with van der Waals surface area (Å²) in [6.45, 7) is 7.08. The molecule has 0 aliphatic carbocycles. The molecule has 0 fully saturated rings. The van der Waals surface area contributed by atoms with Gasteiger partial charge in [0, 0.05) is 12.6 Å². The van der Waals surface area contributed by atoms with Crippen molar-refractivity contribution in [3.63, 3.8) is 0 Å². The molecule has 4 aromatic rings. The van der Waals surface area contributed by atoms with E-state index in [-0.39, 0.29) is 11.5 Å². The number of hydrogen-bond donors (Lipinski definition) is 0. The second kappa shape index (κ2) is 12.2. The van der Waals surface area contributed by atoms with Crippen molar-refractivity contribution in [3.8, 4) is 11.4 Å². The van der Waals surface area contributed by atoms with Crippen LogP contribution in [0.1, 0.15) is 51.0 Å². The molecule has 0 bridgehead atoms. The largest absolute Gasteiger partial charge is 0.494 e. The summed E-state index contributed by atoms with van der Waals surface area (Å²) in [6.07, 6.45) is 5.20. The van der Waals surface area contributed by atoms with E-state index in [0.29, 0.717) is 35.6 Å². The molecule has 6 heteroatoms. The molecule has 190 valence electrons. The molecule has 1 unspecified atom stereocenters. The molecule has 0 aliphatic heterocycles. The minimum absolute atomic E-state index is 0.120. The van der Waals surface area contributed by atoms with E-state index in [2.05, 4.69) is 6.92 Å². The number of carbonyl (C=O) groups is 1. The normalized spacial score (nSPS) is 12.1. The van der Waals surface area contributed by atoms with Crippen molar-refractivity contribution in [1.82, 2.24) is 14.5 Å². The fourth-order valence-electron chi connectivity index (χ4n) is 4.33. The number of nitrogens with zero attached hydrogens (tertiary/aromatic N) is 3. The first-order valence-electron chi connectivity index (χ1n) is 12.8. The highest BCUT2D eigenvalue weighted by molar-refractivity contribution is 5.92. The Balaban J connectivity index is 1.80. The molecule has 0 saturated heterocycles. The van der Waals surface area contributed by atoms with E-state index in [0.717, 1.165) is 24.2 Å². The molecule has 3 aromatic carbocycles. The monoisotopic (exact) mass is 495 g/mol. The molecule has 0 aliphatic rings. The van der Waals surface area contributed by atoms with Crippen molar-refractivity contribution in [3.05, 3.63) is 107 Å². The Hall–Kier alpha value is -4.19. The minimum atomic E-state index is -0.441. The first-order valence-corrected chi connectivity index (χ1v) is 12.8. The lowest BCUT2D eigenvalue weighted by molar-refractivity contribution is -0.128. The summed E-state index contributed by atoms with van der Waals surface area (Å²) in [5.74, 6) is 1.13. The molecule has 0 radical (unpaired) electrons. The van der Waals surface area contributed by atoms with Gasteiger partial charge >= 0.3 is 0 Å². The van der Waals surface area contributed by atoms with E-state index in [1.54, 1.807) is 21.6 Å². The Morgan fingerprint density at radius 1 is 1.00 bits per heavy atom. The number of para-hydroxylation sites is 1. The Morgan fingerprint density at radius 2 is 1.70 bits per heavy atom. The van der Waals surface area contributed by atoms with Crippen LogP contribution in [0.5, 0.6) is 5.75 Å². The van der Waals surface area contributed by atoms with E-state index < -0.39 is 6.04 Å². The number of hydrogen-bond acceptors (Lipinski definition) is 4. The molecule has 1 atom stereocenters. The average Bonchev–Trinajstić information content (AvgIpc) is 2.93. The Labute approximate surface area is 217 Å². The number of carbonyl (C=O) groups excluding carboxylic acids is 1. The van der Waals surface area contributed by atoms with Crippen molar-refractivity contribution < 1.29 is 9.53 Å². The summed E-state index contributed by atoms with van der Waals surface area (Å²) >= 11 is 0. The van der Waals surface area contributed by atoms with Gasteiger partial charge in [-0.1, -0.05) is 55.8 Å². The smallest absolute Gasteiger partial charge is 0.266 e.